The number of hydrogen-bond donors (Lipinski definition) is 2. The number of carbonyl (C=O) groups is 1. The highest BCUT2D eigenvalue weighted by atomic mass is 79.9. The van der Waals surface area contributed by atoms with Crippen LogP contribution < -0.4 is 11.1 Å². The highest BCUT2D eigenvalue weighted by Crippen LogP contribution is 2.13. The molecule has 3 N–H and O–H groups in total. The van der Waals surface area contributed by atoms with Crippen molar-refractivity contribution in [2.24, 2.45) is 0 Å². The fourth-order valence-corrected chi connectivity index (χ4v) is 2.07. The van der Waals surface area contributed by atoms with Gasteiger partial charge in [-0.15, -0.1) is 0 Å². The van der Waals surface area contributed by atoms with E-state index in [1.165, 1.54) is 5.56 Å². The van der Waals surface area contributed by atoms with Crippen LogP contribution in [0.5, 0.6) is 0 Å². The van der Waals surface area contributed by atoms with Crippen LogP contribution in [-0.2, 0) is 11.2 Å². The first-order valence-electron chi connectivity index (χ1n) is 6.39. The van der Waals surface area contributed by atoms with Gasteiger partial charge in [0.25, 0.3) is 0 Å². The number of aromatic nitrogens is 1. The Labute approximate surface area is 126 Å². The van der Waals surface area contributed by atoms with E-state index in [0.717, 1.165) is 17.3 Å². The van der Waals surface area contributed by atoms with Gasteiger partial charge in [0.15, 0.2) is 0 Å². The molecule has 0 atom stereocenters. The van der Waals surface area contributed by atoms with Crippen molar-refractivity contribution in [3.63, 3.8) is 0 Å². The Morgan fingerprint density at radius 2 is 1.95 bits per heavy atom. The molecule has 0 saturated heterocycles. The van der Waals surface area contributed by atoms with Gasteiger partial charge in [-0.2, -0.15) is 0 Å². The van der Waals surface area contributed by atoms with Crippen LogP contribution in [0.25, 0.3) is 0 Å². The minimum Gasteiger partial charge on any atom is -0.384 e. The molecule has 1 amide bonds. The van der Waals surface area contributed by atoms with E-state index in [1.54, 1.807) is 18.3 Å². The van der Waals surface area contributed by atoms with Crippen molar-refractivity contribution in [3.05, 3.63) is 52.6 Å². The molecule has 20 heavy (non-hydrogen) atoms. The van der Waals surface area contributed by atoms with Crippen LogP contribution in [0.4, 0.5) is 11.5 Å². The third-order valence-corrected chi connectivity index (χ3v) is 3.38. The maximum absolute atomic E-state index is 11.8. The lowest BCUT2D eigenvalue weighted by molar-refractivity contribution is -0.116. The number of halogens is 1. The molecular formula is C15H16BrN3O. The second kappa shape index (κ2) is 7.05. The first kappa shape index (κ1) is 14.5. The lowest BCUT2D eigenvalue weighted by Gasteiger charge is -2.05. The van der Waals surface area contributed by atoms with E-state index in [4.69, 9.17) is 5.73 Å². The first-order valence-corrected chi connectivity index (χ1v) is 7.18. The number of nitrogens with zero attached hydrogens (tertiary/aromatic N) is 1. The lowest BCUT2D eigenvalue weighted by Crippen LogP contribution is -2.11. The fraction of sp³-hybridized carbons (Fsp3) is 0.200. The maximum atomic E-state index is 11.8. The van der Waals surface area contributed by atoms with Gasteiger partial charge in [-0.05, 0) is 42.7 Å². The Bertz CT molecular complexity index is 567. The van der Waals surface area contributed by atoms with Crippen molar-refractivity contribution >= 4 is 33.3 Å². The van der Waals surface area contributed by atoms with Gasteiger partial charge in [-0.25, -0.2) is 4.98 Å². The standard InChI is InChI=1S/C15H16BrN3O/c16-12-6-4-11(5-7-12)2-1-3-15(20)19-13-8-9-14(17)18-10-13/h4-10H,1-3H2,(H2,17,18)(H,19,20). The van der Waals surface area contributed by atoms with Gasteiger partial charge < -0.3 is 11.1 Å². The molecule has 0 fully saturated rings. The molecule has 0 radical (unpaired) electrons. The van der Waals surface area contributed by atoms with E-state index in [9.17, 15) is 4.79 Å². The topological polar surface area (TPSA) is 68.0 Å². The van der Waals surface area contributed by atoms with Gasteiger partial charge in [0.2, 0.25) is 5.91 Å². The molecule has 1 heterocycles. The highest BCUT2D eigenvalue weighted by Gasteiger charge is 2.03. The molecule has 104 valence electrons. The summed E-state index contributed by atoms with van der Waals surface area (Å²) in [6.07, 6.45) is 3.75. The number of nitrogens with one attached hydrogen (secondary N) is 1. The summed E-state index contributed by atoms with van der Waals surface area (Å²) in [6.45, 7) is 0. The van der Waals surface area contributed by atoms with E-state index >= 15 is 0 Å². The van der Waals surface area contributed by atoms with Crippen LogP contribution in [0, 0.1) is 0 Å². The highest BCUT2D eigenvalue weighted by molar-refractivity contribution is 9.10. The summed E-state index contributed by atoms with van der Waals surface area (Å²) in [4.78, 5) is 15.7. The third-order valence-electron chi connectivity index (χ3n) is 2.85. The molecule has 1 aromatic carbocycles. The number of aryl methyl sites for hydroxylation is 1. The molecule has 0 unspecified atom stereocenters. The molecule has 0 bridgehead atoms. The predicted molar refractivity (Wildman–Crippen MR) is 84.4 cm³/mol. The van der Waals surface area contributed by atoms with Crippen molar-refractivity contribution in [3.8, 4) is 0 Å². The number of nitrogens with two attached hydrogens (primary N) is 1. The van der Waals surface area contributed by atoms with Crippen molar-refractivity contribution in [2.45, 2.75) is 19.3 Å². The summed E-state index contributed by atoms with van der Waals surface area (Å²) in [5, 5.41) is 2.80. The first-order chi connectivity index (χ1) is 9.63. The zero-order valence-electron chi connectivity index (χ0n) is 11.0. The minimum absolute atomic E-state index is 0.00585. The van der Waals surface area contributed by atoms with Crippen LogP contribution in [0.3, 0.4) is 0 Å². The number of amides is 1. The van der Waals surface area contributed by atoms with Crippen molar-refractivity contribution in [1.29, 1.82) is 0 Å². The molecule has 0 spiro atoms. The molecule has 0 aliphatic rings. The van der Waals surface area contributed by atoms with E-state index in [-0.39, 0.29) is 5.91 Å². The van der Waals surface area contributed by atoms with Gasteiger partial charge in [-0.1, -0.05) is 28.1 Å². The van der Waals surface area contributed by atoms with Gasteiger partial charge in [0.05, 0.1) is 11.9 Å². The Morgan fingerprint density at radius 3 is 2.60 bits per heavy atom. The Balaban J connectivity index is 1.75. The average Bonchev–Trinajstić information content (AvgIpc) is 2.44. The number of hydrogen-bond acceptors (Lipinski definition) is 3. The molecule has 0 aliphatic carbocycles. The Hall–Kier alpha value is -1.88. The van der Waals surface area contributed by atoms with Crippen LogP contribution in [0.15, 0.2) is 47.1 Å². The summed E-state index contributed by atoms with van der Waals surface area (Å²) in [5.41, 5.74) is 7.39. The van der Waals surface area contributed by atoms with Gasteiger partial charge in [0.1, 0.15) is 5.82 Å². The fourth-order valence-electron chi connectivity index (χ4n) is 1.81. The Morgan fingerprint density at radius 1 is 1.20 bits per heavy atom. The predicted octanol–water partition coefficient (Wildman–Crippen LogP) is 3.39. The average molecular weight is 334 g/mol. The van der Waals surface area contributed by atoms with Gasteiger partial charge >= 0.3 is 0 Å². The van der Waals surface area contributed by atoms with Gasteiger partial charge in [0, 0.05) is 10.9 Å². The normalized spacial score (nSPS) is 10.2. The zero-order chi connectivity index (χ0) is 14.4. The summed E-state index contributed by atoms with van der Waals surface area (Å²) >= 11 is 3.40. The monoisotopic (exact) mass is 333 g/mol. The molecule has 2 aromatic rings. The lowest BCUT2D eigenvalue weighted by atomic mass is 10.1. The third kappa shape index (κ3) is 4.66. The van der Waals surface area contributed by atoms with Crippen molar-refractivity contribution < 1.29 is 4.79 Å². The second-order valence-electron chi connectivity index (χ2n) is 4.50. The van der Waals surface area contributed by atoms with E-state index in [1.807, 2.05) is 12.1 Å². The number of carbonyl (C=O) groups excluding carboxylic acids is 1. The number of nitrogen functional groups attached to an aromatic ring is 1. The molecule has 5 heteroatoms. The van der Waals surface area contributed by atoms with Crippen LogP contribution >= 0.6 is 15.9 Å². The van der Waals surface area contributed by atoms with Crippen LogP contribution in [0.2, 0.25) is 0 Å². The number of rotatable bonds is 5. The quantitative estimate of drug-likeness (QED) is 0.881. The summed E-state index contributed by atoms with van der Waals surface area (Å²) in [7, 11) is 0. The molecule has 0 aliphatic heterocycles. The number of pyridine rings is 1. The van der Waals surface area contributed by atoms with Crippen LogP contribution in [-0.4, -0.2) is 10.9 Å². The summed E-state index contributed by atoms with van der Waals surface area (Å²) in [5.74, 6) is 0.437. The molecular weight excluding hydrogens is 318 g/mol. The van der Waals surface area contributed by atoms with E-state index in [0.29, 0.717) is 17.9 Å². The number of benzene rings is 1. The van der Waals surface area contributed by atoms with E-state index < -0.39 is 0 Å². The SMILES string of the molecule is Nc1ccc(NC(=O)CCCc2ccc(Br)cc2)cn1. The Kier molecular flexibility index (Phi) is 5.12. The largest absolute Gasteiger partial charge is 0.384 e. The maximum Gasteiger partial charge on any atom is 0.224 e. The molecule has 1 aromatic heterocycles. The summed E-state index contributed by atoms with van der Waals surface area (Å²) in [6, 6.07) is 11.6. The van der Waals surface area contributed by atoms with E-state index in [2.05, 4.69) is 38.4 Å². The smallest absolute Gasteiger partial charge is 0.224 e. The zero-order valence-corrected chi connectivity index (χ0v) is 12.6. The molecule has 0 saturated carbocycles. The second-order valence-corrected chi connectivity index (χ2v) is 5.42. The molecule has 4 nitrogen and oxygen atoms in total. The number of anilines is 2. The van der Waals surface area contributed by atoms with Crippen LogP contribution in [0.1, 0.15) is 18.4 Å². The van der Waals surface area contributed by atoms with Crippen molar-refractivity contribution in [1.82, 2.24) is 4.98 Å². The van der Waals surface area contributed by atoms with Crippen molar-refractivity contribution in [2.75, 3.05) is 11.1 Å². The van der Waals surface area contributed by atoms with Gasteiger partial charge in [-0.3, -0.25) is 4.79 Å². The minimum atomic E-state index is -0.00585. The summed E-state index contributed by atoms with van der Waals surface area (Å²) < 4.78 is 1.06. The molecule has 2 rings (SSSR count).